The van der Waals surface area contributed by atoms with E-state index in [0.29, 0.717) is 6.42 Å². The number of carbonyl (C=O) groups is 1. The lowest BCUT2D eigenvalue weighted by Gasteiger charge is -2.08. The Kier molecular flexibility index (Phi) is 3.84. The molecule has 0 spiro atoms. The average molecular weight is 215 g/mol. The third kappa shape index (κ3) is 2.68. The molecule has 5 nitrogen and oxygen atoms in total. The molecule has 1 heterocycles. The Labute approximate surface area is 86.2 Å². The molecular weight excluding hydrogens is 202 g/mol. The van der Waals surface area contributed by atoms with Crippen LogP contribution in [-0.2, 0) is 11.2 Å². The molecule has 1 aromatic rings. The van der Waals surface area contributed by atoms with Gasteiger partial charge in [-0.1, -0.05) is 0 Å². The van der Waals surface area contributed by atoms with E-state index < -0.39 is 12.0 Å². The summed E-state index contributed by atoms with van der Waals surface area (Å²) < 4.78 is 0. The Morgan fingerprint density at radius 1 is 1.71 bits per heavy atom. The van der Waals surface area contributed by atoms with Crippen LogP contribution in [0.1, 0.15) is 4.88 Å². The van der Waals surface area contributed by atoms with Crippen LogP contribution in [0.25, 0.3) is 0 Å². The molecule has 6 heteroatoms. The Hall–Kier alpha value is -1.14. The van der Waals surface area contributed by atoms with E-state index in [1.807, 2.05) is 0 Å². The second-order valence-electron chi connectivity index (χ2n) is 2.77. The van der Waals surface area contributed by atoms with E-state index in [1.165, 1.54) is 11.3 Å². The molecule has 0 bridgehead atoms. The van der Waals surface area contributed by atoms with Crippen LogP contribution in [0.2, 0.25) is 0 Å². The molecule has 0 fully saturated rings. The highest BCUT2D eigenvalue weighted by Crippen LogP contribution is 2.18. The largest absolute Gasteiger partial charge is 0.480 e. The van der Waals surface area contributed by atoms with E-state index in [-0.39, 0.29) is 0 Å². The fourth-order valence-electron chi connectivity index (χ4n) is 1.03. The minimum atomic E-state index is -0.841. The number of thiazole rings is 1. The molecule has 1 aromatic heterocycles. The first-order chi connectivity index (χ1) is 6.67. The Morgan fingerprint density at radius 2 is 2.43 bits per heavy atom. The molecule has 3 N–H and O–H groups in total. The lowest BCUT2D eigenvalue weighted by Crippen LogP contribution is -2.35. The summed E-state index contributed by atoms with van der Waals surface area (Å²) in [6.45, 7) is 0. The van der Waals surface area contributed by atoms with Gasteiger partial charge in [0.15, 0.2) is 5.13 Å². The summed E-state index contributed by atoms with van der Waals surface area (Å²) in [6.07, 6.45) is 2.16. The van der Waals surface area contributed by atoms with E-state index >= 15 is 0 Å². The predicted molar refractivity (Wildman–Crippen MR) is 55.8 cm³/mol. The second-order valence-corrected chi connectivity index (χ2v) is 3.88. The van der Waals surface area contributed by atoms with Gasteiger partial charge in [-0.15, -0.1) is 11.3 Å². The summed E-state index contributed by atoms with van der Waals surface area (Å²) >= 11 is 1.47. The summed E-state index contributed by atoms with van der Waals surface area (Å²) in [5.74, 6) is -0.841. The highest BCUT2D eigenvalue weighted by atomic mass is 32.1. The van der Waals surface area contributed by atoms with Crippen molar-refractivity contribution >= 4 is 22.4 Å². The fraction of sp³-hybridized carbons (Fsp3) is 0.500. The monoisotopic (exact) mass is 215 g/mol. The minimum absolute atomic E-state index is 0.463. The fourth-order valence-corrected chi connectivity index (χ4v) is 1.84. The first kappa shape index (κ1) is 10.9. The number of rotatable bonds is 5. The Morgan fingerprint density at radius 3 is 2.86 bits per heavy atom. The van der Waals surface area contributed by atoms with Crippen LogP contribution in [0.3, 0.4) is 0 Å². The first-order valence-electron chi connectivity index (χ1n) is 4.20. The van der Waals surface area contributed by atoms with Gasteiger partial charge < -0.3 is 15.7 Å². The standard InChI is InChI=1S/C8H13N3O2S/c1-9-6(7(12)13)3-5-4-11-8(10-2)14-5/h4,6,9H,3H2,1-2H3,(H,10,11)(H,12,13). The highest BCUT2D eigenvalue weighted by Gasteiger charge is 2.16. The lowest BCUT2D eigenvalue weighted by molar-refractivity contribution is -0.139. The summed E-state index contributed by atoms with van der Waals surface area (Å²) in [5.41, 5.74) is 0. The molecule has 0 saturated carbocycles. The number of carboxylic acids is 1. The van der Waals surface area contributed by atoms with Gasteiger partial charge in [0.05, 0.1) is 0 Å². The van der Waals surface area contributed by atoms with Crippen molar-refractivity contribution in [2.45, 2.75) is 12.5 Å². The molecule has 0 saturated heterocycles. The van der Waals surface area contributed by atoms with Crippen molar-refractivity contribution in [1.29, 1.82) is 0 Å². The van der Waals surface area contributed by atoms with Crippen molar-refractivity contribution in [3.63, 3.8) is 0 Å². The summed E-state index contributed by atoms with van der Waals surface area (Å²) in [5, 5.41) is 15.3. The molecule has 78 valence electrons. The summed E-state index contributed by atoms with van der Waals surface area (Å²) in [6, 6.07) is -0.542. The molecule has 14 heavy (non-hydrogen) atoms. The number of hydrogen-bond donors (Lipinski definition) is 3. The molecule has 1 unspecified atom stereocenters. The zero-order valence-corrected chi connectivity index (χ0v) is 8.89. The van der Waals surface area contributed by atoms with Crippen LogP contribution < -0.4 is 10.6 Å². The van der Waals surface area contributed by atoms with Gasteiger partial charge in [0.1, 0.15) is 6.04 Å². The van der Waals surface area contributed by atoms with Crippen molar-refractivity contribution in [3.05, 3.63) is 11.1 Å². The summed E-state index contributed by atoms with van der Waals surface area (Å²) in [7, 11) is 3.42. The van der Waals surface area contributed by atoms with Crippen molar-refractivity contribution in [1.82, 2.24) is 10.3 Å². The van der Waals surface area contributed by atoms with Gasteiger partial charge in [0.2, 0.25) is 0 Å². The molecule has 1 atom stereocenters. The Bertz CT molecular complexity index is 313. The van der Waals surface area contributed by atoms with Crippen LogP contribution in [0.5, 0.6) is 0 Å². The van der Waals surface area contributed by atoms with Crippen molar-refractivity contribution in [2.75, 3.05) is 19.4 Å². The quantitative estimate of drug-likeness (QED) is 0.663. The van der Waals surface area contributed by atoms with Crippen molar-refractivity contribution in [3.8, 4) is 0 Å². The topological polar surface area (TPSA) is 74.2 Å². The van der Waals surface area contributed by atoms with E-state index in [0.717, 1.165) is 10.0 Å². The van der Waals surface area contributed by atoms with Crippen LogP contribution in [-0.4, -0.2) is 36.2 Å². The second kappa shape index (κ2) is 4.92. The van der Waals surface area contributed by atoms with Gasteiger partial charge in [-0.2, -0.15) is 0 Å². The highest BCUT2D eigenvalue weighted by molar-refractivity contribution is 7.15. The molecule has 0 aliphatic rings. The smallest absolute Gasteiger partial charge is 0.321 e. The number of aliphatic carboxylic acids is 1. The van der Waals surface area contributed by atoms with Crippen LogP contribution in [0.15, 0.2) is 6.20 Å². The SMILES string of the molecule is CNc1ncc(CC(NC)C(=O)O)s1. The van der Waals surface area contributed by atoms with Gasteiger partial charge in [0.25, 0.3) is 0 Å². The average Bonchev–Trinajstić information content (AvgIpc) is 2.61. The predicted octanol–water partition coefficient (Wildman–Crippen LogP) is 0.400. The normalized spacial score (nSPS) is 12.4. The van der Waals surface area contributed by atoms with Gasteiger partial charge in [-0.3, -0.25) is 4.79 Å². The van der Waals surface area contributed by atoms with Gasteiger partial charge in [0, 0.05) is 24.5 Å². The van der Waals surface area contributed by atoms with Crippen LogP contribution in [0, 0.1) is 0 Å². The third-order valence-electron chi connectivity index (χ3n) is 1.82. The molecular formula is C8H13N3O2S. The van der Waals surface area contributed by atoms with E-state index in [2.05, 4.69) is 15.6 Å². The number of aromatic nitrogens is 1. The molecule has 1 rings (SSSR count). The van der Waals surface area contributed by atoms with Crippen molar-refractivity contribution < 1.29 is 9.90 Å². The zero-order valence-electron chi connectivity index (χ0n) is 8.07. The zero-order chi connectivity index (χ0) is 10.6. The number of nitrogens with zero attached hydrogens (tertiary/aromatic N) is 1. The molecule has 0 amide bonds. The molecule has 0 radical (unpaired) electrons. The first-order valence-corrected chi connectivity index (χ1v) is 5.01. The van der Waals surface area contributed by atoms with E-state index in [1.54, 1.807) is 20.3 Å². The van der Waals surface area contributed by atoms with Crippen LogP contribution >= 0.6 is 11.3 Å². The van der Waals surface area contributed by atoms with E-state index in [9.17, 15) is 4.79 Å². The van der Waals surface area contributed by atoms with Gasteiger partial charge >= 0.3 is 5.97 Å². The number of carboxylic acid groups (broad SMARTS) is 1. The van der Waals surface area contributed by atoms with Crippen LogP contribution in [0.4, 0.5) is 5.13 Å². The molecule has 0 aliphatic carbocycles. The maximum absolute atomic E-state index is 10.7. The Balaban J connectivity index is 2.62. The number of likely N-dealkylation sites (N-methyl/N-ethyl adjacent to an activating group) is 1. The van der Waals surface area contributed by atoms with Gasteiger partial charge in [-0.05, 0) is 7.05 Å². The van der Waals surface area contributed by atoms with E-state index in [4.69, 9.17) is 5.11 Å². The maximum Gasteiger partial charge on any atom is 0.321 e. The van der Waals surface area contributed by atoms with Crippen molar-refractivity contribution in [2.24, 2.45) is 0 Å². The minimum Gasteiger partial charge on any atom is -0.480 e. The summed E-state index contributed by atoms with van der Waals surface area (Å²) in [4.78, 5) is 15.7. The number of anilines is 1. The molecule has 0 aliphatic heterocycles. The number of nitrogens with one attached hydrogen (secondary N) is 2. The number of hydrogen-bond acceptors (Lipinski definition) is 5. The molecule has 0 aromatic carbocycles. The lowest BCUT2D eigenvalue weighted by atomic mass is 10.2. The third-order valence-corrected chi connectivity index (χ3v) is 2.86. The maximum atomic E-state index is 10.7. The van der Waals surface area contributed by atoms with Gasteiger partial charge in [-0.25, -0.2) is 4.98 Å².